The maximum absolute atomic E-state index is 12.3. The van der Waals surface area contributed by atoms with Crippen LogP contribution in [-0.2, 0) is 11.3 Å². The number of aryl methyl sites for hydroxylation is 1. The summed E-state index contributed by atoms with van der Waals surface area (Å²) in [6.07, 6.45) is 0. The van der Waals surface area contributed by atoms with Gasteiger partial charge in [0.25, 0.3) is 5.91 Å². The van der Waals surface area contributed by atoms with E-state index in [1.54, 1.807) is 30.6 Å². The summed E-state index contributed by atoms with van der Waals surface area (Å²) >= 11 is 1.70. The number of carbonyl (C=O) groups excluding carboxylic acids is 1. The monoisotopic (exact) mass is 361 g/mol. The minimum Gasteiger partial charge on any atom is -0.497 e. The second-order valence-electron chi connectivity index (χ2n) is 6.00. The zero-order chi connectivity index (χ0) is 17.6. The van der Waals surface area contributed by atoms with Crippen LogP contribution in [0.3, 0.4) is 0 Å². The number of piperazine rings is 1. The molecule has 0 bridgehead atoms. The number of hydrogen-bond acceptors (Lipinski definition) is 6. The fourth-order valence-corrected chi connectivity index (χ4v) is 3.54. The van der Waals surface area contributed by atoms with Crippen molar-refractivity contribution in [1.29, 1.82) is 0 Å². The van der Waals surface area contributed by atoms with Crippen LogP contribution in [0.2, 0.25) is 0 Å². The molecule has 0 N–H and O–H groups in total. The molecule has 1 aromatic carbocycles. The van der Waals surface area contributed by atoms with E-state index in [0.29, 0.717) is 5.75 Å². The molecular weight excluding hydrogens is 338 g/mol. The van der Waals surface area contributed by atoms with Crippen LogP contribution in [0, 0.1) is 6.92 Å². The van der Waals surface area contributed by atoms with Gasteiger partial charge in [-0.2, -0.15) is 0 Å². The molecule has 134 valence electrons. The quantitative estimate of drug-likeness (QED) is 0.789. The normalized spacial score (nSPS) is 15.2. The summed E-state index contributed by atoms with van der Waals surface area (Å²) in [6.45, 7) is 6.14. The number of aromatic nitrogens is 1. The first-order valence-electron chi connectivity index (χ1n) is 8.32. The van der Waals surface area contributed by atoms with Gasteiger partial charge in [0.1, 0.15) is 16.5 Å². The van der Waals surface area contributed by atoms with Gasteiger partial charge in [0.2, 0.25) is 0 Å². The highest BCUT2D eigenvalue weighted by Gasteiger charge is 2.22. The van der Waals surface area contributed by atoms with E-state index in [9.17, 15) is 4.79 Å². The Hall–Kier alpha value is -2.12. The SMILES string of the molecule is COc1ccc(OCC(=O)N2CCN(Cc3nc(C)cs3)CC2)cc1. The first-order chi connectivity index (χ1) is 12.1. The molecule has 1 aliphatic rings. The molecule has 1 aliphatic heterocycles. The highest BCUT2D eigenvalue weighted by Crippen LogP contribution is 2.17. The van der Waals surface area contributed by atoms with Crippen molar-refractivity contribution in [2.24, 2.45) is 0 Å². The fraction of sp³-hybridized carbons (Fsp3) is 0.444. The Kier molecular flexibility index (Phi) is 5.88. The molecule has 0 saturated carbocycles. The lowest BCUT2D eigenvalue weighted by molar-refractivity contribution is -0.135. The zero-order valence-corrected chi connectivity index (χ0v) is 15.4. The van der Waals surface area contributed by atoms with Crippen LogP contribution in [0.5, 0.6) is 11.5 Å². The Morgan fingerprint density at radius 3 is 2.44 bits per heavy atom. The first kappa shape index (κ1) is 17.7. The van der Waals surface area contributed by atoms with E-state index < -0.39 is 0 Å². The average Bonchev–Trinajstić information content (AvgIpc) is 3.05. The largest absolute Gasteiger partial charge is 0.497 e. The van der Waals surface area contributed by atoms with Gasteiger partial charge in [-0.25, -0.2) is 4.98 Å². The lowest BCUT2D eigenvalue weighted by atomic mass is 10.3. The Morgan fingerprint density at radius 1 is 1.16 bits per heavy atom. The molecule has 7 heteroatoms. The summed E-state index contributed by atoms with van der Waals surface area (Å²) < 4.78 is 10.7. The second-order valence-corrected chi connectivity index (χ2v) is 6.95. The number of ether oxygens (including phenoxy) is 2. The predicted octanol–water partition coefficient (Wildman–Crippen LogP) is 2.18. The Balaban J connectivity index is 1.41. The van der Waals surface area contributed by atoms with Crippen LogP contribution in [-0.4, -0.2) is 60.6 Å². The number of hydrogen-bond donors (Lipinski definition) is 0. The molecule has 0 aliphatic carbocycles. The van der Waals surface area contributed by atoms with E-state index in [4.69, 9.17) is 9.47 Å². The lowest BCUT2D eigenvalue weighted by Gasteiger charge is -2.34. The minimum absolute atomic E-state index is 0.0283. The van der Waals surface area contributed by atoms with Crippen LogP contribution >= 0.6 is 11.3 Å². The summed E-state index contributed by atoms with van der Waals surface area (Å²) in [6, 6.07) is 7.25. The highest BCUT2D eigenvalue weighted by atomic mass is 32.1. The molecule has 25 heavy (non-hydrogen) atoms. The molecule has 2 aromatic rings. The maximum atomic E-state index is 12.3. The van der Waals surface area contributed by atoms with Gasteiger partial charge in [-0.3, -0.25) is 9.69 Å². The number of methoxy groups -OCH3 is 1. The summed E-state index contributed by atoms with van der Waals surface area (Å²) in [5, 5.41) is 3.21. The summed E-state index contributed by atoms with van der Waals surface area (Å²) in [4.78, 5) is 21.0. The van der Waals surface area contributed by atoms with Crippen LogP contribution in [0.1, 0.15) is 10.7 Å². The number of rotatable bonds is 6. The smallest absolute Gasteiger partial charge is 0.260 e. The van der Waals surface area contributed by atoms with E-state index in [1.165, 1.54) is 0 Å². The van der Waals surface area contributed by atoms with Crippen LogP contribution in [0.25, 0.3) is 0 Å². The van der Waals surface area contributed by atoms with E-state index in [-0.39, 0.29) is 12.5 Å². The van der Waals surface area contributed by atoms with E-state index in [0.717, 1.165) is 49.2 Å². The molecule has 0 unspecified atom stereocenters. The van der Waals surface area contributed by atoms with Crippen molar-refractivity contribution in [2.45, 2.75) is 13.5 Å². The van der Waals surface area contributed by atoms with Gasteiger partial charge >= 0.3 is 0 Å². The molecule has 6 nitrogen and oxygen atoms in total. The molecule has 0 atom stereocenters. The number of nitrogens with zero attached hydrogens (tertiary/aromatic N) is 3. The van der Waals surface area contributed by atoms with Crippen molar-refractivity contribution in [3.8, 4) is 11.5 Å². The Bertz CT molecular complexity index is 694. The molecule has 1 amide bonds. The molecule has 1 saturated heterocycles. The van der Waals surface area contributed by atoms with Gasteiger partial charge in [-0.15, -0.1) is 11.3 Å². The van der Waals surface area contributed by atoms with Crippen molar-refractivity contribution >= 4 is 17.2 Å². The number of thiazole rings is 1. The number of carbonyl (C=O) groups is 1. The molecule has 0 spiro atoms. The van der Waals surface area contributed by atoms with Gasteiger partial charge < -0.3 is 14.4 Å². The topological polar surface area (TPSA) is 54.9 Å². The van der Waals surface area contributed by atoms with Crippen molar-refractivity contribution in [3.63, 3.8) is 0 Å². The average molecular weight is 361 g/mol. The van der Waals surface area contributed by atoms with Crippen molar-refractivity contribution in [2.75, 3.05) is 39.9 Å². The summed E-state index contributed by atoms with van der Waals surface area (Å²) in [5.41, 5.74) is 1.07. The summed E-state index contributed by atoms with van der Waals surface area (Å²) in [7, 11) is 1.62. The third-order valence-electron chi connectivity index (χ3n) is 4.17. The van der Waals surface area contributed by atoms with Crippen molar-refractivity contribution in [1.82, 2.24) is 14.8 Å². The van der Waals surface area contributed by atoms with Crippen molar-refractivity contribution < 1.29 is 14.3 Å². The van der Waals surface area contributed by atoms with Gasteiger partial charge in [-0.1, -0.05) is 0 Å². The molecule has 1 fully saturated rings. The zero-order valence-electron chi connectivity index (χ0n) is 14.6. The Labute approximate surface area is 152 Å². The number of benzene rings is 1. The van der Waals surface area contributed by atoms with Crippen LogP contribution in [0.4, 0.5) is 0 Å². The van der Waals surface area contributed by atoms with Gasteiger partial charge in [0.05, 0.1) is 13.7 Å². The summed E-state index contributed by atoms with van der Waals surface area (Å²) in [5.74, 6) is 1.47. The predicted molar refractivity (Wildman–Crippen MR) is 97.2 cm³/mol. The maximum Gasteiger partial charge on any atom is 0.260 e. The molecular formula is C18H23N3O3S. The molecule has 3 rings (SSSR count). The second kappa shape index (κ2) is 8.31. The van der Waals surface area contributed by atoms with Gasteiger partial charge in [0, 0.05) is 37.3 Å². The number of amides is 1. The van der Waals surface area contributed by atoms with Crippen LogP contribution in [0.15, 0.2) is 29.6 Å². The van der Waals surface area contributed by atoms with E-state index in [1.807, 2.05) is 24.0 Å². The van der Waals surface area contributed by atoms with E-state index >= 15 is 0 Å². The van der Waals surface area contributed by atoms with Crippen LogP contribution < -0.4 is 9.47 Å². The van der Waals surface area contributed by atoms with Gasteiger partial charge in [0.15, 0.2) is 6.61 Å². The van der Waals surface area contributed by atoms with Crippen molar-refractivity contribution in [3.05, 3.63) is 40.3 Å². The minimum atomic E-state index is 0.0283. The third-order valence-corrected chi connectivity index (χ3v) is 5.12. The Morgan fingerprint density at radius 2 is 1.84 bits per heavy atom. The van der Waals surface area contributed by atoms with Gasteiger partial charge in [-0.05, 0) is 31.2 Å². The van der Waals surface area contributed by atoms with E-state index in [2.05, 4.69) is 15.3 Å². The lowest BCUT2D eigenvalue weighted by Crippen LogP contribution is -2.49. The third kappa shape index (κ3) is 4.93. The molecule has 0 radical (unpaired) electrons. The fourth-order valence-electron chi connectivity index (χ4n) is 2.73. The molecule has 1 aromatic heterocycles. The standard InChI is InChI=1S/C18H23N3O3S/c1-14-13-25-17(19-14)11-20-7-9-21(10-8-20)18(22)12-24-16-5-3-15(23-2)4-6-16/h3-6,13H,7-12H2,1-2H3. The first-order valence-corrected chi connectivity index (χ1v) is 9.20. The molecule has 2 heterocycles. The highest BCUT2D eigenvalue weighted by molar-refractivity contribution is 7.09.